The normalized spacial score (nSPS) is 13.4. The van der Waals surface area contributed by atoms with E-state index >= 15 is 0 Å². The first-order valence-electron chi connectivity index (χ1n) is 12.1. The SMILES string of the molecule is COc1c(Cl)c(CC(NS(=O)(=O)c2ccccc2)c2ccccc2)c(OC)c2c1C(=O)c1ccccc1C2=O. The fourth-order valence-corrected chi connectivity index (χ4v) is 6.46. The van der Waals surface area contributed by atoms with Crippen LogP contribution in [0.15, 0.2) is 89.8 Å². The maximum absolute atomic E-state index is 13.7. The molecule has 1 aliphatic rings. The Morgan fingerprint density at radius 3 is 1.77 bits per heavy atom. The number of ether oxygens (including phenoxy) is 2. The van der Waals surface area contributed by atoms with Crippen molar-refractivity contribution < 1.29 is 27.5 Å². The van der Waals surface area contributed by atoms with Gasteiger partial charge < -0.3 is 9.47 Å². The first-order valence-corrected chi connectivity index (χ1v) is 13.9. The van der Waals surface area contributed by atoms with E-state index < -0.39 is 27.6 Å². The van der Waals surface area contributed by atoms with Gasteiger partial charge in [-0.3, -0.25) is 9.59 Å². The summed E-state index contributed by atoms with van der Waals surface area (Å²) in [5.74, 6) is -0.681. The van der Waals surface area contributed by atoms with Crippen molar-refractivity contribution >= 4 is 33.2 Å². The summed E-state index contributed by atoms with van der Waals surface area (Å²) in [6.07, 6.45) is 0.00480. The Kier molecular flexibility index (Phi) is 7.27. The van der Waals surface area contributed by atoms with E-state index in [1.807, 2.05) is 6.07 Å². The Hall–Kier alpha value is -3.98. The number of hydrogen-bond donors (Lipinski definition) is 1. The number of carbonyl (C=O) groups is 2. The number of fused-ring (bicyclic) bond motifs is 2. The van der Waals surface area contributed by atoms with Crippen LogP contribution >= 0.6 is 11.6 Å². The average Bonchev–Trinajstić information content (AvgIpc) is 2.96. The van der Waals surface area contributed by atoms with Gasteiger partial charge in [0.1, 0.15) is 11.5 Å². The highest BCUT2D eigenvalue weighted by atomic mass is 35.5. The maximum Gasteiger partial charge on any atom is 0.241 e. The van der Waals surface area contributed by atoms with Crippen LogP contribution in [0, 0.1) is 0 Å². The van der Waals surface area contributed by atoms with E-state index in [1.165, 1.54) is 26.4 Å². The monoisotopic (exact) mass is 561 g/mol. The second-order valence-corrected chi connectivity index (χ2v) is 11.0. The van der Waals surface area contributed by atoms with Gasteiger partial charge in [0.05, 0.1) is 41.3 Å². The molecule has 1 unspecified atom stereocenters. The van der Waals surface area contributed by atoms with Gasteiger partial charge in [-0.1, -0.05) is 84.4 Å². The van der Waals surface area contributed by atoms with Gasteiger partial charge in [-0.05, 0) is 24.1 Å². The third kappa shape index (κ3) is 4.71. The molecule has 39 heavy (non-hydrogen) atoms. The Labute approximate surface area is 231 Å². The topological polar surface area (TPSA) is 98.8 Å². The average molecular weight is 562 g/mol. The van der Waals surface area contributed by atoms with Crippen LogP contribution in [-0.2, 0) is 16.4 Å². The molecule has 0 spiro atoms. The molecule has 7 nitrogen and oxygen atoms in total. The Morgan fingerprint density at radius 2 is 1.23 bits per heavy atom. The fraction of sp³-hybridized carbons (Fsp3) is 0.133. The Balaban J connectivity index is 1.68. The van der Waals surface area contributed by atoms with Crippen LogP contribution in [0.5, 0.6) is 11.5 Å². The first-order chi connectivity index (χ1) is 18.8. The van der Waals surface area contributed by atoms with Crippen LogP contribution in [0.1, 0.15) is 49.0 Å². The first kappa shape index (κ1) is 26.6. The molecule has 4 aromatic carbocycles. The smallest absolute Gasteiger partial charge is 0.241 e. The highest BCUT2D eigenvalue weighted by molar-refractivity contribution is 7.89. The lowest BCUT2D eigenvalue weighted by Gasteiger charge is -2.27. The highest BCUT2D eigenvalue weighted by Crippen LogP contribution is 2.47. The maximum atomic E-state index is 13.7. The summed E-state index contributed by atoms with van der Waals surface area (Å²) in [6.45, 7) is 0. The third-order valence-electron chi connectivity index (χ3n) is 6.68. The molecule has 0 heterocycles. The summed E-state index contributed by atoms with van der Waals surface area (Å²) in [4.78, 5) is 27.3. The van der Waals surface area contributed by atoms with Gasteiger partial charge in [-0.25, -0.2) is 13.1 Å². The van der Waals surface area contributed by atoms with E-state index in [4.69, 9.17) is 21.1 Å². The third-order valence-corrected chi connectivity index (χ3v) is 8.57. The van der Waals surface area contributed by atoms with E-state index in [1.54, 1.807) is 66.7 Å². The lowest BCUT2D eigenvalue weighted by Crippen LogP contribution is -2.31. The second kappa shape index (κ2) is 10.6. The molecule has 1 N–H and O–H groups in total. The van der Waals surface area contributed by atoms with E-state index in [9.17, 15) is 18.0 Å². The summed E-state index contributed by atoms with van der Waals surface area (Å²) < 4.78 is 40.7. The molecule has 0 bridgehead atoms. The minimum absolute atomic E-state index is 0.00480. The van der Waals surface area contributed by atoms with Gasteiger partial charge in [-0.2, -0.15) is 0 Å². The van der Waals surface area contributed by atoms with Crippen molar-refractivity contribution in [2.45, 2.75) is 17.4 Å². The predicted molar refractivity (Wildman–Crippen MR) is 148 cm³/mol. The van der Waals surface area contributed by atoms with Gasteiger partial charge in [0.15, 0.2) is 11.6 Å². The van der Waals surface area contributed by atoms with Crippen molar-refractivity contribution in [2.24, 2.45) is 0 Å². The van der Waals surface area contributed by atoms with Gasteiger partial charge in [0, 0.05) is 16.7 Å². The van der Waals surface area contributed by atoms with Gasteiger partial charge in [0.25, 0.3) is 0 Å². The number of sulfonamides is 1. The molecule has 0 saturated carbocycles. The molecule has 0 radical (unpaired) electrons. The van der Waals surface area contributed by atoms with Gasteiger partial charge in [-0.15, -0.1) is 0 Å². The molecule has 5 rings (SSSR count). The number of hydrogen-bond acceptors (Lipinski definition) is 6. The second-order valence-electron chi connectivity index (χ2n) is 8.91. The molecule has 4 aromatic rings. The van der Waals surface area contributed by atoms with Crippen LogP contribution in [0.2, 0.25) is 5.02 Å². The number of ketones is 2. The number of halogens is 1. The molecule has 0 fully saturated rings. The number of nitrogens with one attached hydrogen (secondary N) is 1. The quantitative estimate of drug-likeness (QED) is 0.272. The predicted octanol–water partition coefficient (Wildman–Crippen LogP) is 5.39. The zero-order valence-electron chi connectivity index (χ0n) is 21.1. The van der Waals surface area contributed by atoms with E-state index in [-0.39, 0.29) is 50.1 Å². The van der Waals surface area contributed by atoms with Crippen LogP contribution in [-0.4, -0.2) is 34.2 Å². The summed E-state index contributed by atoms with van der Waals surface area (Å²) in [5.41, 5.74) is 1.55. The van der Waals surface area contributed by atoms with Crippen LogP contribution in [0.25, 0.3) is 0 Å². The number of benzene rings is 4. The molecule has 1 aliphatic carbocycles. The summed E-state index contributed by atoms with van der Waals surface area (Å²) in [5, 5.41) is 0.0634. The van der Waals surface area contributed by atoms with E-state index in [0.717, 1.165) is 0 Å². The minimum Gasteiger partial charge on any atom is -0.496 e. The molecule has 198 valence electrons. The molecule has 1 atom stereocenters. The van der Waals surface area contributed by atoms with Crippen molar-refractivity contribution in [3.05, 3.63) is 123 Å². The van der Waals surface area contributed by atoms with Crippen molar-refractivity contribution in [1.29, 1.82) is 0 Å². The molecule has 0 saturated heterocycles. The molecule has 0 aromatic heterocycles. The summed E-state index contributed by atoms with van der Waals surface area (Å²) in [6, 6.07) is 22.7. The van der Waals surface area contributed by atoms with Crippen LogP contribution in [0.4, 0.5) is 0 Å². The van der Waals surface area contributed by atoms with Crippen molar-refractivity contribution in [2.75, 3.05) is 14.2 Å². The molecule has 9 heteroatoms. The van der Waals surface area contributed by atoms with Crippen LogP contribution < -0.4 is 14.2 Å². The van der Waals surface area contributed by atoms with E-state index in [0.29, 0.717) is 11.1 Å². The fourth-order valence-electron chi connectivity index (χ4n) is 4.88. The van der Waals surface area contributed by atoms with Crippen molar-refractivity contribution in [3.63, 3.8) is 0 Å². The largest absolute Gasteiger partial charge is 0.496 e. The van der Waals surface area contributed by atoms with E-state index in [2.05, 4.69) is 4.72 Å². The lowest BCUT2D eigenvalue weighted by molar-refractivity contribution is 0.0973. The van der Waals surface area contributed by atoms with Gasteiger partial charge in [0.2, 0.25) is 10.0 Å². The van der Waals surface area contributed by atoms with Crippen LogP contribution in [0.3, 0.4) is 0 Å². The molecule has 0 amide bonds. The number of rotatable bonds is 8. The number of methoxy groups -OCH3 is 2. The Bertz CT molecular complexity index is 1690. The van der Waals surface area contributed by atoms with Crippen molar-refractivity contribution in [3.8, 4) is 11.5 Å². The number of carbonyl (C=O) groups excluding carboxylic acids is 2. The van der Waals surface area contributed by atoms with Gasteiger partial charge >= 0.3 is 0 Å². The van der Waals surface area contributed by atoms with Crippen molar-refractivity contribution in [1.82, 2.24) is 4.72 Å². The zero-order chi connectivity index (χ0) is 27.7. The highest BCUT2D eigenvalue weighted by Gasteiger charge is 2.39. The standard InChI is InChI=1S/C30H24ClNO6S/c1-37-29-22(17-23(18-11-5-3-6-12-18)32-39(35,36)19-13-7-4-8-14-19)26(31)30(38-2)25-24(29)27(33)20-15-9-10-16-21(20)28(25)34/h3-16,23,32H,17H2,1-2H3. The zero-order valence-corrected chi connectivity index (χ0v) is 22.7. The Morgan fingerprint density at radius 1 is 0.744 bits per heavy atom. The lowest BCUT2D eigenvalue weighted by atomic mass is 9.81. The minimum atomic E-state index is -3.94. The summed E-state index contributed by atoms with van der Waals surface area (Å²) >= 11 is 6.84. The molecule has 0 aliphatic heterocycles. The molecular formula is C30H24ClNO6S. The summed E-state index contributed by atoms with van der Waals surface area (Å²) in [7, 11) is -1.19. The molecular weight excluding hydrogens is 538 g/mol.